The van der Waals surface area contributed by atoms with Gasteiger partial charge in [0.15, 0.2) is 5.16 Å². The van der Waals surface area contributed by atoms with E-state index in [0.29, 0.717) is 12.5 Å². The normalized spacial score (nSPS) is 11.0. The summed E-state index contributed by atoms with van der Waals surface area (Å²) < 4.78 is 2.01. The van der Waals surface area contributed by atoms with Crippen molar-refractivity contribution in [3.63, 3.8) is 0 Å². The Balaban J connectivity index is 1.54. The molecule has 0 radical (unpaired) electrons. The maximum atomic E-state index is 12.4. The van der Waals surface area contributed by atoms with Crippen LogP contribution in [0, 0.1) is 0 Å². The van der Waals surface area contributed by atoms with Crippen LogP contribution in [0.3, 0.4) is 0 Å². The second-order valence-electron chi connectivity index (χ2n) is 7.53. The molecule has 8 heteroatoms. The average molecular weight is 487 g/mol. The molecule has 0 bridgehead atoms. The molecule has 0 saturated carbocycles. The van der Waals surface area contributed by atoms with Gasteiger partial charge in [0, 0.05) is 23.0 Å². The van der Waals surface area contributed by atoms with Gasteiger partial charge in [0.1, 0.15) is 5.82 Å². The Morgan fingerprint density at radius 1 is 1.12 bits per heavy atom. The van der Waals surface area contributed by atoms with Crippen LogP contribution in [0.25, 0.3) is 0 Å². The lowest BCUT2D eigenvalue weighted by molar-refractivity contribution is -0.113. The summed E-state index contributed by atoms with van der Waals surface area (Å²) in [5.74, 6) is 3.11. The van der Waals surface area contributed by atoms with E-state index in [9.17, 15) is 4.79 Å². The molecule has 1 heterocycles. The average Bonchev–Trinajstić information content (AvgIpc) is 3.16. The Hall–Kier alpha value is -2.22. The number of hydrogen-bond acceptors (Lipinski definition) is 5. The standard InChI is InChI=1S/C24H27ClN4OS2/c1-4-13-29-22(15-31-14-18-5-9-20(25)10-6-18)27-28-24(29)32-16-23(30)26-21-11-7-19(8-12-21)17(2)3/h4-12,17H,1,13-16H2,2-3H3,(H,26,30). The third-order valence-corrected chi connectivity index (χ3v) is 6.93. The first-order valence-electron chi connectivity index (χ1n) is 10.3. The SMILES string of the molecule is C=CCn1c(CSCc2ccc(Cl)cc2)nnc1SCC(=O)Nc1ccc(C(C)C)cc1. The third-order valence-electron chi connectivity index (χ3n) is 4.71. The summed E-state index contributed by atoms with van der Waals surface area (Å²) in [6, 6.07) is 15.8. The van der Waals surface area contributed by atoms with Crippen LogP contribution in [0.2, 0.25) is 5.02 Å². The number of amides is 1. The monoisotopic (exact) mass is 486 g/mol. The Kier molecular flexibility index (Phi) is 9.26. The summed E-state index contributed by atoms with van der Waals surface area (Å²) >= 11 is 9.08. The van der Waals surface area contributed by atoms with Crippen molar-refractivity contribution < 1.29 is 4.79 Å². The van der Waals surface area contributed by atoms with Crippen LogP contribution in [-0.4, -0.2) is 26.4 Å². The van der Waals surface area contributed by atoms with E-state index in [4.69, 9.17) is 11.6 Å². The molecule has 2 aromatic carbocycles. The maximum Gasteiger partial charge on any atom is 0.234 e. The van der Waals surface area contributed by atoms with Crippen LogP contribution in [0.1, 0.15) is 36.7 Å². The number of aromatic nitrogens is 3. The number of allylic oxidation sites excluding steroid dienone is 1. The molecule has 0 aliphatic heterocycles. The van der Waals surface area contributed by atoms with Gasteiger partial charge >= 0.3 is 0 Å². The fourth-order valence-electron chi connectivity index (χ4n) is 2.96. The van der Waals surface area contributed by atoms with E-state index in [1.807, 2.05) is 59.2 Å². The minimum Gasteiger partial charge on any atom is -0.325 e. The smallest absolute Gasteiger partial charge is 0.234 e. The van der Waals surface area contributed by atoms with Crippen LogP contribution in [0.15, 0.2) is 66.3 Å². The predicted octanol–water partition coefficient (Wildman–Crippen LogP) is 6.41. The number of halogens is 1. The molecule has 1 amide bonds. The Morgan fingerprint density at radius 3 is 2.50 bits per heavy atom. The summed E-state index contributed by atoms with van der Waals surface area (Å²) in [7, 11) is 0. The molecular weight excluding hydrogens is 460 g/mol. The number of carbonyl (C=O) groups excluding carboxylic acids is 1. The summed E-state index contributed by atoms with van der Waals surface area (Å²) in [4.78, 5) is 12.4. The molecule has 0 unspecified atom stereocenters. The number of benzene rings is 2. The molecule has 32 heavy (non-hydrogen) atoms. The second-order valence-corrected chi connectivity index (χ2v) is 9.90. The molecule has 3 rings (SSSR count). The van der Waals surface area contributed by atoms with E-state index in [-0.39, 0.29) is 11.7 Å². The predicted molar refractivity (Wildman–Crippen MR) is 137 cm³/mol. The molecule has 1 N–H and O–H groups in total. The molecule has 3 aromatic rings. The van der Waals surface area contributed by atoms with Gasteiger partial charge in [-0.3, -0.25) is 4.79 Å². The number of nitrogens with one attached hydrogen (secondary N) is 1. The van der Waals surface area contributed by atoms with E-state index < -0.39 is 0 Å². The number of hydrogen-bond donors (Lipinski definition) is 1. The minimum absolute atomic E-state index is 0.0703. The second kappa shape index (κ2) is 12.1. The van der Waals surface area contributed by atoms with Gasteiger partial charge < -0.3 is 9.88 Å². The Labute approximate surface area is 203 Å². The highest BCUT2D eigenvalue weighted by Crippen LogP contribution is 2.23. The van der Waals surface area contributed by atoms with Crippen molar-refractivity contribution in [2.24, 2.45) is 0 Å². The largest absolute Gasteiger partial charge is 0.325 e. The van der Waals surface area contributed by atoms with Gasteiger partial charge in [0.05, 0.1) is 11.5 Å². The molecule has 168 valence electrons. The summed E-state index contributed by atoms with van der Waals surface area (Å²) in [5, 5.41) is 13.0. The molecule has 1 aromatic heterocycles. The lowest BCUT2D eigenvalue weighted by Gasteiger charge is -2.09. The number of rotatable bonds is 11. The van der Waals surface area contributed by atoms with E-state index >= 15 is 0 Å². The first-order chi connectivity index (χ1) is 15.5. The van der Waals surface area contributed by atoms with Gasteiger partial charge in [-0.1, -0.05) is 67.6 Å². The number of carbonyl (C=O) groups is 1. The zero-order valence-electron chi connectivity index (χ0n) is 18.3. The molecule has 0 aliphatic carbocycles. The van der Waals surface area contributed by atoms with Crippen LogP contribution in [0.4, 0.5) is 5.69 Å². The lowest BCUT2D eigenvalue weighted by atomic mass is 10.0. The fourth-order valence-corrected chi connectivity index (χ4v) is 4.78. The number of thioether (sulfide) groups is 2. The zero-order valence-corrected chi connectivity index (χ0v) is 20.6. The lowest BCUT2D eigenvalue weighted by Crippen LogP contribution is -2.14. The van der Waals surface area contributed by atoms with Crippen LogP contribution in [0.5, 0.6) is 0 Å². The topological polar surface area (TPSA) is 59.8 Å². The molecule has 0 saturated heterocycles. The molecular formula is C24H27ClN4OS2. The first kappa shape index (κ1) is 24.4. The van der Waals surface area contributed by atoms with E-state index in [2.05, 4.69) is 35.9 Å². The Bertz CT molecular complexity index is 1030. The number of nitrogens with zero attached hydrogens (tertiary/aromatic N) is 3. The molecule has 0 aliphatic rings. The van der Waals surface area contributed by atoms with Crippen LogP contribution < -0.4 is 5.32 Å². The van der Waals surface area contributed by atoms with Gasteiger partial charge in [0.2, 0.25) is 5.91 Å². The highest BCUT2D eigenvalue weighted by atomic mass is 35.5. The summed E-state index contributed by atoms with van der Waals surface area (Å²) in [5.41, 5.74) is 3.25. The summed E-state index contributed by atoms with van der Waals surface area (Å²) in [6.07, 6.45) is 1.82. The van der Waals surface area contributed by atoms with Gasteiger partial charge in [0.25, 0.3) is 0 Å². The van der Waals surface area contributed by atoms with E-state index in [1.165, 1.54) is 22.9 Å². The van der Waals surface area contributed by atoms with E-state index in [1.54, 1.807) is 11.8 Å². The van der Waals surface area contributed by atoms with E-state index in [0.717, 1.165) is 33.2 Å². The first-order valence-corrected chi connectivity index (χ1v) is 12.9. The molecule has 0 spiro atoms. The van der Waals surface area contributed by atoms with Gasteiger partial charge in [-0.15, -0.1) is 28.5 Å². The highest BCUT2D eigenvalue weighted by Gasteiger charge is 2.14. The summed E-state index contributed by atoms with van der Waals surface area (Å²) in [6.45, 7) is 8.74. The molecule has 5 nitrogen and oxygen atoms in total. The van der Waals surface area contributed by atoms with Crippen molar-refractivity contribution in [1.82, 2.24) is 14.8 Å². The van der Waals surface area contributed by atoms with Gasteiger partial charge in [-0.2, -0.15) is 0 Å². The van der Waals surface area contributed by atoms with Crippen LogP contribution >= 0.6 is 35.1 Å². The van der Waals surface area contributed by atoms with Crippen LogP contribution in [-0.2, 0) is 22.8 Å². The van der Waals surface area contributed by atoms with Crippen molar-refractivity contribution in [3.8, 4) is 0 Å². The maximum absolute atomic E-state index is 12.4. The minimum atomic E-state index is -0.0703. The fraction of sp³-hybridized carbons (Fsp3) is 0.292. The molecule has 0 fully saturated rings. The van der Waals surface area contributed by atoms with Crippen molar-refractivity contribution in [2.75, 3.05) is 11.1 Å². The third kappa shape index (κ3) is 7.15. The van der Waals surface area contributed by atoms with Gasteiger partial charge in [-0.25, -0.2) is 0 Å². The van der Waals surface area contributed by atoms with Gasteiger partial charge in [-0.05, 0) is 41.3 Å². The molecule has 0 atom stereocenters. The quantitative estimate of drug-likeness (QED) is 0.251. The number of anilines is 1. The van der Waals surface area contributed by atoms with Crippen molar-refractivity contribution in [2.45, 2.75) is 43.0 Å². The Morgan fingerprint density at radius 2 is 1.84 bits per heavy atom. The zero-order chi connectivity index (χ0) is 22.9. The highest BCUT2D eigenvalue weighted by molar-refractivity contribution is 7.99. The van der Waals surface area contributed by atoms with Crippen molar-refractivity contribution in [3.05, 3.63) is 83.2 Å². The van der Waals surface area contributed by atoms with Crippen molar-refractivity contribution >= 4 is 46.7 Å². The van der Waals surface area contributed by atoms with Crippen molar-refractivity contribution in [1.29, 1.82) is 0 Å².